The van der Waals surface area contributed by atoms with Crippen LogP contribution in [-0.4, -0.2) is 59.3 Å². The summed E-state index contributed by atoms with van der Waals surface area (Å²) in [6, 6.07) is 11.9. The zero-order valence-electron chi connectivity index (χ0n) is 20.7. The molecule has 1 saturated heterocycles. The van der Waals surface area contributed by atoms with Gasteiger partial charge in [0.2, 0.25) is 0 Å². The molecule has 186 valence electrons. The molecule has 0 bridgehead atoms. The van der Waals surface area contributed by atoms with Gasteiger partial charge in [-0.1, -0.05) is 13.0 Å². The minimum atomic E-state index is -0.138. The molecule has 3 aromatic heterocycles. The molecule has 4 aromatic rings. The molecule has 1 fully saturated rings. The topological polar surface area (TPSA) is 103 Å². The average molecular weight is 487 g/mol. The molecule has 1 amide bonds. The van der Waals surface area contributed by atoms with E-state index in [1.54, 1.807) is 26.6 Å². The number of hydrogen-bond donors (Lipinski definition) is 2. The first-order valence-electron chi connectivity index (χ1n) is 12.1. The fourth-order valence-electron chi connectivity index (χ4n) is 4.59. The van der Waals surface area contributed by atoms with Crippen LogP contribution < -0.4 is 15.4 Å². The van der Waals surface area contributed by atoms with Crippen molar-refractivity contribution in [1.29, 1.82) is 0 Å². The van der Waals surface area contributed by atoms with Crippen molar-refractivity contribution in [2.45, 2.75) is 25.3 Å². The van der Waals surface area contributed by atoms with Crippen molar-refractivity contribution in [3.8, 4) is 17.0 Å². The molecule has 4 heterocycles. The maximum atomic E-state index is 12.0. The van der Waals surface area contributed by atoms with Crippen molar-refractivity contribution in [3.63, 3.8) is 0 Å². The fraction of sp³-hybridized carbons (Fsp3) is 0.333. The molecule has 36 heavy (non-hydrogen) atoms. The van der Waals surface area contributed by atoms with Crippen molar-refractivity contribution in [2.24, 2.45) is 0 Å². The van der Waals surface area contributed by atoms with Gasteiger partial charge in [-0.25, -0.2) is 15.0 Å². The van der Waals surface area contributed by atoms with Gasteiger partial charge >= 0.3 is 0 Å². The monoisotopic (exact) mass is 486 g/mol. The minimum Gasteiger partial charge on any atom is -0.496 e. The molecule has 1 atom stereocenters. The molecule has 0 spiro atoms. The number of amides is 1. The van der Waals surface area contributed by atoms with Crippen LogP contribution in [0, 0.1) is 0 Å². The number of pyridine rings is 1. The molecule has 0 radical (unpaired) electrons. The van der Waals surface area contributed by atoms with Crippen molar-refractivity contribution in [1.82, 2.24) is 24.8 Å². The molecule has 1 aliphatic heterocycles. The predicted octanol–water partition coefficient (Wildman–Crippen LogP) is 4.04. The molecule has 1 aromatic carbocycles. The van der Waals surface area contributed by atoms with Gasteiger partial charge in [-0.15, -0.1) is 0 Å². The molecule has 0 saturated carbocycles. The third-order valence-electron chi connectivity index (χ3n) is 6.73. The lowest BCUT2D eigenvalue weighted by molar-refractivity contribution is -0.0215. The Hall–Kier alpha value is -3.98. The summed E-state index contributed by atoms with van der Waals surface area (Å²) in [6.07, 6.45) is 6.41. The van der Waals surface area contributed by atoms with Crippen LogP contribution in [0.3, 0.4) is 0 Å². The second-order valence-corrected chi connectivity index (χ2v) is 8.83. The second-order valence-electron chi connectivity index (χ2n) is 8.83. The van der Waals surface area contributed by atoms with Crippen LogP contribution in [0.5, 0.6) is 5.75 Å². The van der Waals surface area contributed by atoms with E-state index in [4.69, 9.17) is 9.47 Å². The number of rotatable bonds is 9. The van der Waals surface area contributed by atoms with Gasteiger partial charge in [0.1, 0.15) is 23.5 Å². The number of aromatic nitrogens is 4. The number of hydrogen-bond acceptors (Lipinski definition) is 7. The Kier molecular flexibility index (Phi) is 6.81. The van der Waals surface area contributed by atoms with Gasteiger partial charge in [0, 0.05) is 54.5 Å². The van der Waals surface area contributed by atoms with Gasteiger partial charge in [-0.3, -0.25) is 4.79 Å². The highest BCUT2D eigenvalue weighted by Crippen LogP contribution is 2.34. The summed E-state index contributed by atoms with van der Waals surface area (Å²) in [6.45, 7) is 4.19. The van der Waals surface area contributed by atoms with Crippen LogP contribution in [-0.2, 0) is 4.74 Å². The third-order valence-corrected chi connectivity index (χ3v) is 6.73. The number of methoxy groups -OCH3 is 1. The van der Waals surface area contributed by atoms with Crippen LogP contribution in [0.15, 0.2) is 55.1 Å². The summed E-state index contributed by atoms with van der Waals surface area (Å²) in [4.78, 5) is 25.7. The Morgan fingerprint density at radius 2 is 2.08 bits per heavy atom. The highest BCUT2D eigenvalue weighted by Gasteiger charge is 2.24. The maximum absolute atomic E-state index is 12.0. The van der Waals surface area contributed by atoms with Gasteiger partial charge in [0.15, 0.2) is 0 Å². The molecule has 9 nitrogen and oxygen atoms in total. The van der Waals surface area contributed by atoms with Gasteiger partial charge in [0.05, 0.1) is 32.1 Å². The number of nitrogens with one attached hydrogen (secondary N) is 2. The first kappa shape index (κ1) is 23.7. The number of carbonyl (C=O) groups is 1. The zero-order valence-corrected chi connectivity index (χ0v) is 20.7. The number of carbonyl (C=O) groups excluding carboxylic acids is 1. The van der Waals surface area contributed by atoms with E-state index in [-0.39, 0.29) is 11.8 Å². The Morgan fingerprint density at radius 1 is 1.22 bits per heavy atom. The van der Waals surface area contributed by atoms with E-state index in [0.717, 1.165) is 40.1 Å². The van der Waals surface area contributed by atoms with Gasteiger partial charge in [0.25, 0.3) is 5.91 Å². The van der Waals surface area contributed by atoms with Crippen LogP contribution in [0.2, 0.25) is 0 Å². The molecule has 2 N–H and O–H groups in total. The van der Waals surface area contributed by atoms with Crippen molar-refractivity contribution >= 4 is 22.8 Å². The van der Waals surface area contributed by atoms with Crippen molar-refractivity contribution in [3.05, 3.63) is 66.2 Å². The summed E-state index contributed by atoms with van der Waals surface area (Å²) in [5, 5.41) is 7.19. The van der Waals surface area contributed by atoms with Crippen LogP contribution in [0.4, 0.5) is 5.82 Å². The Morgan fingerprint density at radius 3 is 2.81 bits per heavy atom. The van der Waals surface area contributed by atoms with E-state index in [1.807, 2.05) is 30.5 Å². The Bertz CT molecular complexity index is 1380. The van der Waals surface area contributed by atoms with Gasteiger partial charge < -0.3 is 24.7 Å². The number of nitrogens with zero attached hydrogens (tertiary/aromatic N) is 4. The quantitative estimate of drug-likeness (QED) is 0.368. The third kappa shape index (κ3) is 4.49. The van der Waals surface area contributed by atoms with Crippen molar-refractivity contribution < 1.29 is 14.3 Å². The lowest BCUT2D eigenvalue weighted by Gasteiger charge is -2.27. The molecular formula is C27H30N6O3. The minimum absolute atomic E-state index is 0.138. The molecule has 1 unspecified atom stereocenters. The number of ether oxygens (including phenoxy) is 2. The normalized spacial score (nSPS) is 14.3. The summed E-state index contributed by atoms with van der Waals surface area (Å²) in [7, 11) is 3.25. The number of anilines is 1. The number of benzene rings is 1. The van der Waals surface area contributed by atoms with Gasteiger partial charge in [-0.2, -0.15) is 0 Å². The van der Waals surface area contributed by atoms with E-state index < -0.39 is 0 Å². The predicted molar refractivity (Wildman–Crippen MR) is 139 cm³/mol. The largest absolute Gasteiger partial charge is 0.496 e. The fourth-order valence-corrected chi connectivity index (χ4v) is 4.59. The van der Waals surface area contributed by atoms with E-state index in [9.17, 15) is 4.79 Å². The summed E-state index contributed by atoms with van der Waals surface area (Å²) >= 11 is 0. The Labute approximate surface area is 209 Å². The van der Waals surface area contributed by atoms with Crippen molar-refractivity contribution in [2.75, 3.05) is 39.2 Å². The van der Waals surface area contributed by atoms with E-state index >= 15 is 0 Å². The smallest absolute Gasteiger partial charge is 0.251 e. The van der Waals surface area contributed by atoms with Crippen LogP contribution in [0.25, 0.3) is 22.3 Å². The zero-order chi connectivity index (χ0) is 25.1. The highest BCUT2D eigenvalue weighted by atomic mass is 16.5. The van der Waals surface area contributed by atoms with Crippen LogP contribution >= 0.6 is 0 Å². The Balaban J connectivity index is 1.38. The molecule has 1 aliphatic rings. The first-order chi connectivity index (χ1) is 17.6. The standard InChI is InChI=1S/C27H30N6O3/c1-4-17(20-8-7-18(27(34)28-2)10-24(20)35-3)12-30-25-11-23(31-16-32-25)22-13-33(19-14-36-15-19)26-21(22)6-5-9-29-26/h5-11,13,16-17,19H,4,12,14-15H2,1-3H3,(H,28,34)(H,30,31,32). The molecule has 0 aliphatic carbocycles. The molecular weight excluding hydrogens is 456 g/mol. The second kappa shape index (κ2) is 10.3. The summed E-state index contributed by atoms with van der Waals surface area (Å²) in [5.74, 6) is 1.48. The van der Waals surface area contributed by atoms with Gasteiger partial charge in [-0.05, 0) is 36.2 Å². The summed E-state index contributed by atoms with van der Waals surface area (Å²) < 4.78 is 13.2. The van der Waals surface area contributed by atoms with E-state index in [1.165, 1.54) is 0 Å². The average Bonchev–Trinajstić information content (AvgIpc) is 3.27. The maximum Gasteiger partial charge on any atom is 0.251 e. The number of fused-ring (bicyclic) bond motifs is 1. The SMILES string of the molecule is CCC(CNc1cc(-c2cn(C3COC3)c3ncccc23)ncn1)c1ccc(C(=O)NC)cc1OC. The molecule has 9 heteroatoms. The first-order valence-corrected chi connectivity index (χ1v) is 12.1. The van der Waals surface area contributed by atoms with E-state index in [2.05, 4.69) is 49.3 Å². The van der Waals surface area contributed by atoms with E-state index in [0.29, 0.717) is 37.1 Å². The lowest BCUT2D eigenvalue weighted by atomic mass is 9.94. The highest BCUT2D eigenvalue weighted by molar-refractivity contribution is 5.94. The lowest BCUT2D eigenvalue weighted by Crippen LogP contribution is -2.30. The van der Waals surface area contributed by atoms with Crippen LogP contribution in [0.1, 0.15) is 41.2 Å². The molecule has 5 rings (SSSR count). The summed E-state index contributed by atoms with van der Waals surface area (Å²) in [5.41, 5.74) is 4.42.